The molecule has 1 rings (SSSR count). The van der Waals surface area contributed by atoms with Crippen molar-refractivity contribution in [2.45, 2.75) is 19.1 Å². The largest absolute Gasteiger partial charge is 0.379 e. The van der Waals surface area contributed by atoms with Crippen LogP contribution in [0.15, 0.2) is 21.9 Å². The first-order valence-electron chi connectivity index (χ1n) is 5.16. The number of aryl methyl sites for hydroxylation is 1. The van der Waals surface area contributed by atoms with E-state index < -0.39 is 19.9 Å². The number of nitrogens with one attached hydrogen (secondary N) is 1. The molecule has 3 N–H and O–H groups in total. The Bertz CT molecular complexity index is 471. The number of rotatable bonds is 7. The quantitative estimate of drug-likeness (QED) is 0.561. The summed E-state index contributed by atoms with van der Waals surface area (Å²) < 4.78 is 11.0. The minimum absolute atomic E-state index is 0.0211. The van der Waals surface area contributed by atoms with Crippen molar-refractivity contribution in [3.05, 3.63) is 33.1 Å². The Morgan fingerprint density at radius 3 is 2.78 bits per heavy atom. The van der Waals surface area contributed by atoms with Crippen molar-refractivity contribution < 1.29 is 19.0 Å². The molecule has 1 atom stereocenters. The van der Waals surface area contributed by atoms with Crippen LogP contribution in [0.1, 0.15) is 6.42 Å². The highest BCUT2D eigenvalue weighted by Gasteiger charge is 2.11. The average Bonchev–Trinajstić information content (AvgIpc) is 2.31. The number of aromatic nitrogens is 2. The van der Waals surface area contributed by atoms with Crippen LogP contribution < -0.4 is 11.2 Å². The topological polar surface area (TPSA) is 114 Å². The molecule has 0 aliphatic carbocycles. The lowest BCUT2D eigenvalue weighted by Gasteiger charge is -2.15. The molecule has 9 heteroatoms. The van der Waals surface area contributed by atoms with Gasteiger partial charge in [0.2, 0.25) is 0 Å². The molecule has 0 amide bonds. The highest BCUT2D eigenvalue weighted by Crippen LogP contribution is 2.24. The maximum atomic E-state index is 11.4. The van der Waals surface area contributed by atoms with E-state index in [1.807, 2.05) is 0 Å². The van der Waals surface area contributed by atoms with E-state index in [1.165, 1.54) is 23.9 Å². The van der Waals surface area contributed by atoms with Crippen LogP contribution in [0.4, 0.5) is 0 Å². The van der Waals surface area contributed by atoms with E-state index >= 15 is 0 Å². The molecule has 0 aromatic carbocycles. The van der Waals surface area contributed by atoms with Crippen LogP contribution in [0.3, 0.4) is 0 Å². The summed E-state index contributed by atoms with van der Waals surface area (Å²) in [5.74, 6) is 0. The smallest absolute Gasteiger partial charge is 0.328 e. The van der Waals surface area contributed by atoms with Gasteiger partial charge in [-0.25, -0.2) is 4.79 Å². The Labute approximate surface area is 104 Å². The van der Waals surface area contributed by atoms with E-state index in [-0.39, 0.29) is 12.7 Å². The van der Waals surface area contributed by atoms with E-state index in [2.05, 4.69) is 9.51 Å². The van der Waals surface area contributed by atoms with Gasteiger partial charge in [0, 0.05) is 25.9 Å². The third-order valence-electron chi connectivity index (χ3n) is 2.30. The monoisotopic (exact) mass is 278 g/mol. The van der Waals surface area contributed by atoms with Gasteiger partial charge in [-0.3, -0.25) is 9.78 Å². The third kappa shape index (κ3) is 5.07. The molecule has 1 aromatic rings. The van der Waals surface area contributed by atoms with Gasteiger partial charge in [-0.2, -0.15) is 0 Å². The normalized spacial score (nSPS) is 12.9. The fraction of sp³-hybridized carbons (Fsp3) is 0.556. The molecule has 1 heterocycles. The summed E-state index contributed by atoms with van der Waals surface area (Å²) in [5.41, 5.74) is -0.945. The van der Waals surface area contributed by atoms with Gasteiger partial charge >= 0.3 is 14.3 Å². The zero-order valence-electron chi connectivity index (χ0n) is 9.78. The van der Waals surface area contributed by atoms with Crippen molar-refractivity contribution in [3.8, 4) is 0 Å². The molecular weight excluding hydrogens is 263 g/mol. The molecule has 0 bridgehead atoms. The van der Waals surface area contributed by atoms with Crippen molar-refractivity contribution in [2.75, 3.05) is 13.7 Å². The molecule has 18 heavy (non-hydrogen) atoms. The summed E-state index contributed by atoms with van der Waals surface area (Å²) in [4.78, 5) is 41.6. The van der Waals surface area contributed by atoms with Crippen LogP contribution in [0, 0.1) is 0 Å². The molecule has 0 saturated heterocycles. The first kappa shape index (κ1) is 15.0. The first-order valence-corrected chi connectivity index (χ1v) is 6.33. The van der Waals surface area contributed by atoms with Crippen LogP contribution in [-0.4, -0.2) is 39.2 Å². The van der Waals surface area contributed by atoms with E-state index in [0.717, 1.165) is 0 Å². The molecule has 0 radical (unpaired) electrons. The first-order chi connectivity index (χ1) is 8.52. The zero-order chi connectivity index (χ0) is 13.5. The lowest BCUT2D eigenvalue weighted by Crippen LogP contribution is -2.30. The summed E-state index contributed by atoms with van der Waals surface area (Å²) in [5, 5.41) is 0. The van der Waals surface area contributed by atoms with Crippen molar-refractivity contribution in [1.82, 2.24) is 9.55 Å². The van der Waals surface area contributed by atoms with Gasteiger partial charge in [0.1, 0.15) is 0 Å². The molecule has 8 nitrogen and oxygen atoms in total. The van der Waals surface area contributed by atoms with Gasteiger partial charge in [-0.1, -0.05) is 0 Å². The number of hydrogen-bond donors (Lipinski definition) is 3. The second-order valence-electron chi connectivity index (χ2n) is 3.50. The van der Waals surface area contributed by atoms with E-state index in [1.54, 1.807) is 0 Å². The Hall–Kier alpha value is -1.05. The SMILES string of the molecule is CO[C@@H](CCn1ccc(=O)[nH]c1=O)COP(O)O. The zero-order valence-corrected chi connectivity index (χ0v) is 10.7. The average molecular weight is 278 g/mol. The Morgan fingerprint density at radius 1 is 1.50 bits per heavy atom. The number of methoxy groups -OCH3 is 1. The maximum absolute atomic E-state index is 11.4. The van der Waals surface area contributed by atoms with Crippen molar-refractivity contribution in [1.29, 1.82) is 0 Å². The van der Waals surface area contributed by atoms with Gasteiger partial charge in [0.15, 0.2) is 0 Å². The second-order valence-corrected chi connectivity index (χ2v) is 4.26. The molecular formula is C9H15N2O6P. The van der Waals surface area contributed by atoms with Crippen LogP contribution in [0.2, 0.25) is 0 Å². The van der Waals surface area contributed by atoms with Gasteiger partial charge in [0.25, 0.3) is 5.56 Å². The highest BCUT2D eigenvalue weighted by atomic mass is 31.2. The van der Waals surface area contributed by atoms with Crippen LogP contribution in [0.5, 0.6) is 0 Å². The summed E-state index contributed by atoms with van der Waals surface area (Å²) in [6.07, 6.45) is 1.46. The van der Waals surface area contributed by atoms with E-state index in [9.17, 15) is 9.59 Å². The highest BCUT2D eigenvalue weighted by molar-refractivity contribution is 7.39. The molecule has 0 aliphatic rings. The van der Waals surface area contributed by atoms with Gasteiger partial charge in [-0.15, -0.1) is 0 Å². The number of aromatic amines is 1. The second kappa shape index (κ2) is 7.40. The van der Waals surface area contributed by atoms with Crippen molar-refractivity contribution in [3.63, 3.8) is 0 Å². The predicted octanol–water partition coefficient (Wildman–Crippen LogP) is -0.830. The molecule has 0 unspecified atom stereocenters. The number of ether oxygens (including phenoxy) is 1. The van der Waals surface area contributed by atoms with Crippen LogP contribution in [-0.2, 0) is 15.8 Å². The molecule has 0 spiro atoms. The number of H-pyrrole nitrogens is 1. The van der Waals surface area contributed by atoms with Gasteiger partial charge < -0.3 is 23.6 Å². The van der Waals surface area contributed by atoms with E-state index in [4.69, 9.17) is 14.5 Å². The number of nitrogens with zero attached hydrogens (tertiary/aromatic N) is 1. The Morgan fingerprint density at radius 2 is 2.22 bits per heavy atom. The predicted molar refractivity (Wildman–Crippen MR) is 64.0 cm³/mol. The minimum atomic E-state index is -2.41. The molecule has 1 aromatic heterocycles. The lowest BCUT2D eigenvalue weighted by molar-refractivity contribution is 0.0444. The lowest BCUT2D eigenvalue weighted by atomic mass is 10.2. The fourth-order valence-corrected chi connectivity index (χ4v) is 1.62. The van der Waals surface area contributed by atoms with Crippen molar-refractivity contribution in [2.24, 2.45) is 0 Å². The van der Waals surface area contributed by atoms with Crippen LogP contribution >= 0.6 is 8.60 Å². The Kier molecular flexibility index (Phi) is 6.17. The van der Waals surface area contributed by atoms with Crippen molar-refractivity contribution >= 4 is 8.60 Å². The van der Waals surface area contributed by atoms with Gasteiger partial charge in [-0.05, 0) is 6.42 Å². The van der Waals surface area contributed by atoms with Crippen LogP contribution in [0.25, 0.3) is 0 Å². The van der Waals surface area contributed by atoms with Gasteiger partial charge in [0.05, 0.1) is 12.7 Å². The summed E-state index contributed by atoms with van der Waals surface area (Å²) in [6.45, 7) is 0.347. The molecule has 0 aliphatic heterocycles. The number of hydrogen-bond acceptors (Lipinski definition) is 6. The molecule has 102 valence electrons. The summed E-state index contributed by atoms with van der Waals surface area (Å²) in [6, 6.07) is 1.25. The molecule has 0 saturated carbocycles. The standard InChI is InChI=1S/C9H15N2O6P/c1-16-7(6-17-18(14)15)2-4-11-5-3-8(12)10-9(11)13/h3,5,7,14-15H,2,4,6H2,1H3,(H,10,12,13)/t7-/m0/s1. The third-order valence-corrected chi connectivity index (χ3v) is 2.68. The van der Waals surface area contributed by atoms with E-state index in [0.29, 0.717) is 13.0 Å². The minimum Gasteiger partial charge on any atom is -0.379 e. The Balaban J connectivity index is 2.52. The summed E-state index contributed by atoms with van der Waals surface area (Å²) in [7, 11) is -0.951. The molecule has 0 fully saturated rings. The maximum Gasteiger partial charge on any atom is 0.328 e. The fourth-order valence-electron chi connectivity index (χ4n) is 1.32. The summed E-state index contributed by atoms with van der Waals surface area (Å²) >= 11 is 0.